The number of carbonyl (C=O) groups excluding carboxylic acids is 2. The van der Waals surface area contributed by atoms with Gasteiger partial charge in [-0.1, -0.05) is 19.8 Å². The maximum atomic E-state index is 11.8. The van der Waals surface area contributed by atoms with E-state index in [1.807, 2.05) is 13.8 Å². The third kappa shape index (κ3) is 2.12. The quantitative estimate of drug-likeness (QED) is 0.649. The van der Waals surface area contributed by atoms with Gasteiger partial charge in [-0.2, -0.15) is 0 Å². The molecule has 1 N–H and O–H groups in total. The predicted molar refractivity (Wildman–Crippen MR) is 56.8 cm³/mol. The Morgan fingerprint density at radius 2 is 2.13 bits per heavy atom. The molecule has 1 fully saturated rings. The molecule has 4 nitrogen and oxygen atoms in total. The van der Waals surface area contributed by atoms with Gasteiger partial charge in [-0.05, 0) is 12.8 Å². The lowest BCUT2D eigenvalue weighted by molar-refractivity contribution is -0.149. The zero-order valence-electron chi connectivity index (χ0n) is 9.28. The molecule has 2 amide bonds. The zero-order chi connectivity index (χ0) is 11.6. The summed E-state index contributed by atoms with van der Waals surface area (Å²) in [5.74, 6) is 2.26. The van der Waals surface area contributed by atoms with Gasteiger partial charge in [0, 0.05) is 0 Å². The Hall–Kier alpha value is -1.50. The highest BCUT2D eigenvalue weighted by molar-refractivity contribution is 5.97. The number of hydrogen-bond donors (Lipinski definition) is 1. The van der Waals surface area contributed by atoms with Crippen LogP contribution in [0.25, 0.3) is 0 Å². The van der Waals surface area contributed by atoms with Crippen molar-refractivity contribution in [3.63, 3.8) is 0 Å². The largest absolute Gasteiger partial charge is 0.343 e. The average molecular weight is 208 g/mol. The first-order valence-corrected chi connectivity index (χ1v) is 5.03. The highest BCUT2D eigenvalue weighted by Crippen LogP contribution is 2.16. The summed E-state index contributed by atoms with van der Waals surface area (Å²) in [4.78, 5) is 25.0. The molecule has 2 atom stereocenters. The number of nitrogens with one attached hydrogen (secondary N) is 1. The molecule has 0 aromatic rings. The molecular weight excluding hydrogens is 192 g/mol. The number of rotatable bonds is 2. The van der Waals surface area contributed by atoms with Crippen LogP contribution in [0.4, 0.5) is 0 Å². The Labute approximate surface area is 90.0 Å². The Bertz CT molecular complexity index is 317. The second-order valence-electron chi connectivity index (χ2n) is 4.09. The molecule has 82 valence electrons. The molecular formula is C11H16N2O2. The molecule has 1 heterocycles. The topological polar surface area (TPSA) is 49.4 Å². The van der Waals surface area contributed by atoms with E-state index in [1.54, 1.807) is 6.92 Å². The molecule has 1 aliphatic heterocycles. The van der Waals surface area contributed by atoms with Crippen LogP contribution in [0.5, 0.6) is 0 Å². The van der Waals surface area contributed by atoms with E-state index in [4.69, 9.17) is 6.42 Å². The SMILES string of the molecule is C#CCN1C(=O)C(C)NC(=O)C1C(C)C. The maximum Gasteiger partial charge on any atom is 0.246 e. The molecule has 0 saturated carbocycles. The van der Waals surface area contributed by atoms with Gasteiger partial charge in [-0.15, -0.1) is 6.42 Å². The summed E-state index contributed by atoms with van der Waals surface area (Å²) < 4.78 is 0. The first-order chi connectivity index (χ1) is 6.99. The van der Waals surface area contributed by atoms with Crippen molar-refractivity contribution in [3.8, 4) is 12.3 Å². The van der Waals surface area contributed by atoms with Crippen molar-refractivity contribution >= 4 is 11.8 Å². The molecule has 0 aliphatic carbocycles. The fraction of sp³-hybridized carbons (Fsp3) is 0.636. The smallest absolute Gasteiger partial charge is 0.246 e. The summed E-state index contributed by atoms with van der Waals surface area (Å²) in [6, 6.07) is -0.911. The van der Waals surface area contributed by atoms with Gasteiger partial charge in [0.2, 0.25) is 11.8 Å². The van der Waals surface area contributed by atoms with Crippen LogP contribution in [0.15, 0.2) is 0 Å². The van der Waals surface area contributed by atoms with Gasteiger partial charge in [0.1, 0.15) is 12.1 Å². The number of nitrogens with zero attached hydrogens (tertiary/aromatic N) is 1. The van der Waals surface area contributed by atoms with Gasteiger partial charge >= 0.3 is 0 Å². The van der Waals surface area contributed by atoms with Crippen LogP contribution in [-0.4, -0.2) is 35.3 Å². The van der Waals surface area contributed by atoms with Crippen molar-refractivity contribution in [1.29, 1.82) is 0 Å². The Morgan fingerprint density at radius 3 is 2.60 bits per heavy atom. The molecule has 1 aliphatic rings. The highest BCUT2D eigenvalue weighted by Gasteiger charge is 2.39. The van der Waals surface area contributed by atoms with Crippen LogP contribution in [0.2, 0.25) is 0 Å². The highest BCUT2D eigenvalue weighted by atomic mass is 16.2. The monoisotopic (exact) mass is 208 g/mol. The maximum absolute atomic E-state index is 11.8. The average Bonchev–Trinajstić information content (AvgIpc) is 2.13. The lowest BCUT2D eigenvalue weighted by atomic mass is 9.97. The van der Waals surface area contributed by atoms with Gasteiger partial charge in [0.15, 0.2) is 0 Å². The Kier molecular flexibility index (Phi) is 3.35. The number of amides is 2. The number of carbonyl (C=O) groups is 2. The normalized spacial score (nSPS) is 26.5. The summed E-state index contributed by atoms with van der Waals surface area (Å²) in [7, 11) is 0. The first kappa shape index (κ1) is 11.6. The van der Waals surface area contributed by atoms with E-state index in [1.165, 1.54) is 4.90 Å². The molecule has 0 aromatic heterocycles. The molecule has 15 heavy (non-hydrogen) atoms. The molecule has 0 bridgehead atoms. The number of terminal acetylenes is 1. The van der Waals surface area contributed by atoms with E-state index in [9.17, 15) is 9.59 Å². The third-order valence-electron chi connectivity index (χ3n) is 2.51. The molecule has 1 rings (SSSR count). The predicted octanol–water partition coefficient (Wildman–Crippen LogP) is -0.00890. The van der Waals surface area contributed by atoms with Crippen molar-refractivity contribution in [2.24, 2.45) is 5.92 Å². The number of piperazine rings is 1. The van der Waals surface area contributed by atoms with Crippen molar-refractivity contribution in [3.05, 3.63) is 0 Å². The summed E-state index contributed by atoms with van der Waals surface area (Å²) in [5.41, 5.74) is 0. The third-order valence-corrected chi connectivity index (χ3v) is 2.51. The van der Waals surface area contributed by atoms with Gasteiger partial charge in [-0.3, -0.25) is 9.59 Å². The fourth-order valence-corrected chi connectivity index (χ4v) is 1.83. The second-order valence-corrected chi connectivity index (χ2v) is 4.09. The van der Waals surface area contributed by atoms with E-state index in [0.29, 0.717) is 0 Å². The van der Waals surface area contributed by atoms with E-state index in [0.717, 1.165) is 0 Å². The number of hydrogen-bond acceptors (Lipinski definition) is 2. The van der Waals surface area contributed by atoms with Crippen LogP contribution in [0.1, 0.15) is 20.8 Å². The first-order valence-electron chi connectivity index (χ1n) is 5.03. The van der Waals surface area contributed by atoms with Crippen LogP contribution in [0.3, 0.4) is 0 Å². The van der Waals surface area contributed by atoms with E-state index in [2.05, 4.69) is 11.2 Å². The van der Waals surface area contributed by atoms with Gasteiger partial charge < -0.3 is 10.2 Å². The van der Waals surface area contributed by atoms with Crippen LogP contribution in [0, 0.1) is 18.3 Å². The van der Waals surface area contributed by atoms with Crippen molar-refractivity contribution in [2.45, 2.75) is 32.9 Å². The van der Waals surface area contributed by atoms with E-state index >= 15 is 0 Å². The van der Waals surface area contributed by atoms with Gasteiger partial charge in [-0.25, -0.2) is 0 Å². The minimum absolute atomic E-state index is 0.0646. The minimum Gasteiger partial charge on any atom is -0.343 e. The molecule has 0 aromatic carbocycles. The summed E-state index contributed by atoms with van der Waals surface area (Å²) >= 11 is 0. The standard InChI is InChI=1S/C11H16N2O2/c1-5-6-13-9(7(2)3)10(14)12-8(4)11(13)15/h1,7-9H,6H2,2-4H3,(H,12,14). The minimum atomic E-state index is -0.471. The van der Waals surface area contributed by atoms with E-state index in [-0.39, 0.29) is 24.3 Å². The van der Waals surface area contributed by atoms with Crippen LogP contribution < -0.4 is 5.32 Å². The Morgan fingerprint density at radius 1 is 1.53 bits per heavy atom. The molecule has 2 unspecified atom stereocenters. The molecule has 1 saturated heterocycles. The van der Waals surface area contributed by atoms with Crippen molar-refractivity contribution < 1.29 is 9.59 Å². The van der Waals surface area contributed by atoms with Gasteiger partial charge in [0.25, 0.3) is 0 Å². The summed E-state index contributed by atoms with van der Waals surface area (Å²) in [6.45, 7) is 5.66. The molecule has 0 spiro atoms. The zero-order valence-corrected chi connectivity index (χ0v) is 9.28. The molecule has 0 radical (unpaired) electrons. The van der Waals surface area contributed by atoms with Crippen molar-refractivity contribution in [2.75, 3.05) is 6.54 Å². The van der Waals surface area contributed by atoms with Gasteiger partial charge in [0.05, 0.1) is 6.54 Å². The lowest BCUT2D eigenvalue weighted by Gasteiger charge is -2.38. The summed E-state index contributed by atoms with van der Waals surface area (Å²) in [5, 5.41) is 2.65. The van der Waals surface area contributed by atoms with Crippen LogP contribution in [-0.2, 0) is 9.59 Å². The van der Waals surface area contributed by atoms with Crippen molar-refractivity contribution in [1.82, 2.24) is 10.2 Å². The lowest BCUT2D eigenvalue weighted by Crippen LogP contribution is -2.63. The van der Waals surface area contributed by atoms with Crippen LogP contribution >= 0.6 is 0 Å². The molecule has 4 heteroatoms. The second kappa shape index (κ2) is 4.35. The Balaban J connectivity index is 2.96. The fourth-order valence-electron chi connectivity index (χ4n) is 1.83. The van der Waals surface area contributed by atoms with E-state index < -0.39 is 12.1 Å². The summed E-state index contributed by atoms with van der Waals surface area (Å²) in [6.07, 6.45) is 5.20.